The lowest BCUT2D eigenvalue weighted by atomic mass is 10.2. The van der Waals surface area contributed by atoms with Gasteiger partial charge in [-0.1, -0.05) is 6.07 Å². The molecule has 2 N–H and O–H groups in total. The zero-order valence-electron chi connectivity index (χ0n) is 11.0. The Morgan fingerprint density at radius 3 is 2.71 bits per heavy atom. The van der Waals surface area contributed by atoms with Gasteiger partial charge in [-0.15, -0.1) is 11.3 Å². The van der Waals surface area contributed by atoms with E-state index < -0.39 is 21.8 Å². The van der Waals surface area contributed by atoms with Gasteiger partial charge in [-0.2, -0.15) is 0 Å². The van der Waals surface area contributed by atoms with E-state index in [0.29, 0.717) is 4.88 Å². The number of rotatable bonds is 5. The van der Waals surface area contributed by atoms with Crippen LogP contribution in [0.15, 0.2) is 34.5 Å². The summed E-state index contributed by atoms with van der Waals surface area (Å²) >= 11 is 0.872. The van der Waals surface area contributed by atoms with Gasteiger partial charge in [0.1, 0.15) is 10.0 Å². The van der Waals surface area contributed by atoms with Crippen LogP contribution in [0.1, 0.15) is 10.4 Å². The third-order valence-corrected chi connectivity index (χ3v) is 5.68. The Bertz CT molecular complexity index is 783. The molecule has 2 aromatic rings. The van der Waals surface area contributed by atoms with E-state index in [4.69, 9.17) is 5.11 Å². The minimum absolute atomic E-state index is 0.0117. The molecular formula is C13H12FNO4S2. The van der Waals surface area contributed by atoms with Gasteiger partial charge in [0.15, 0.2) is 0 Å². The van der Waals surface area contributed by atoms with Gasteiger partial charge >= 0.3 is 5.97 Å². The predicted molar refractivity (Wildman–Crippen MR) is 77.6 cm³/mol. The van der Waals surface area contributed by atoms with Gasteiger partial charge < -0.3 is 5.11 Å². The van der Waals surface area contributed by atoms with E-state index in [1.54, 1.807) is 0 Å². The number of anilines is 1. The van der Waals surface area contributed by atoms with Crippen LogP contribution >= 0.6 is 11.3 Å². The number of thiophene rings is 1. The summed E-state index contributed by atoms with van der Waals surface area (Å²) in [7, 11) is -3.86. The molecule has 0 amide bonds. The topological polar surface area (TPSA) is 83.5 Å². The van der Waals surface area contributed by atoms with Gasteiger partial charge in [0.25, 0.3) is 10.0 Å². The van der Waals surface area contributed by atoms with Crippen molar-refractivity contribution in [1.29, 1.82) is 0 Å². The Labute approximate surface area is 125 Å². The summed E-state index contributed by atoms with van der Waals surface area (Å²) in [6.45, 7) is 1.47. The first-order valence-electron chi connectivity index (χ1n) is 5.88. The van der Waals surface area contributed by atoms with Crippen molar-refractivity contribution in [2.75, 3.05) is 4.72 Å². The van der Waals surface area contributed by atoms with Gasteiger partial charge in [-0.25, -0.2) is 12.8 Å². The van der Waals surface area contributed by atoms with E-state index in [0.717, 1.165) is 11.3 Å². The molecule has 0 aliphatic heterocycles. The Balaban J connectivity index is 2.28. The number of carboxylic acid groups (broad SMARTS) is 1. The van der Waals surface area contributed by atoms with Crippen LogP contribution in [0.4, 0.5) is 10.1 Å². The number of benzene rings is 1. The molecule has 0 saturated carbocycles. The summed E-state index contributed by atoms with van der Waals surface area (Å²) in [5.74, 6) is -1.54. The second-order valence-corrected chi connectivity index (χ2v) is 7.39. The maximum atomic E-state index is 13.4. The average molecular weight is 329 g/mol. The summed E-state index contributed by atoms with van der Waals surface area (Å²) in [6.07, 6.45) is -0.237. The van der Waals surface area contributed by atoms with Crippen molar-refractivity contribution in [2.24, 2.45) is 0 Å². The van der Waals surface area contributed by atoms with E-state index in [1.807, 2.05) is 0 Å². The number of nitrogens with one attached hydrogen (secondary N) is 1. The van der Waals surface area contributed by atoms with Crippen LogP contribution < -0.4 is 4.72 Å². The molecule has 0 bridgehead atoms. The summed E-state index contributed by atoms with van der Waals surface area (Å²) in [4.78, 5) is 11.0. The van der Waals surface area contributed by atoms with Crippen molar-refractivity contribution in [2.45, 2.75) is 17.6 Å². The third-order valence-electron chi connectivity index (χ3n) is 2.74. The first kappa shape index (κ1) is 15.5. The fraction of sp³-hybridized carbons (Fsp3) is 0.154. The average Bonchev–Trinajstić information content (AvgIpc) is 2.83. The minimum Gasteiger partial charge on any atom is -0.481 e. The maximum absolute atomic E-state index is 13.4. The van der Waals surface area contributed by atoms with Crippen LogP contribution in [-0.2, 0) is 21.2 Å². The molecule has 0 aliphatic carbocycles. The minimum atomic E-state index is -3.86. The zero-order valence-corrected chi connectivity index (χ0v) is 12.6. The van der Waals surface area contributed by atoms with Gasteiger partial charge in [-0.05, 0) is 31.2 Å². The summed E-state index contributed by atoms with van der Waals surface area (Å²) < 4.78 is 40.1. The molecule has 0 atom stereocenters. The van der Waals surface area contributed by atoms with Crippen molar-refractivity contribution in [3.8, 4) is 0 Å². The Kier molecular flexibility index (Phi) is 4.29. The van der Waals surface area contributed by atoms with E-state index in [1.165, 1.54) is 37.3 Å². The van der Waals surface area contributed by atoms with E-state index in [2.05, 4.69) is 4.72 Å². The molecule has 1 aromatic carbocycles. The molecule has 21 heavy (non-hydrogen) atoms. The zero-order chi connectivity index (χ0) is 15.6. The van der Waals surface area contributed by atoms with Crippen LogP contribution in [0.25, 0.3) is 0 Å². The fourth-order valence-electron chi connectivity index (χ4n) is 1.66. The number of hydrogen-bond donors (Lipinski definition) is 2. The first-order valence-corrected chi connectivity index (χ1v) is 8.18. The number of carbonyl (C=O) groups is 1. The second-order valence-electron chi connectivity index (χ2n) is 4.31. The normalized spacial score (nSPS) is 11.3. The van der Waals surface area contributed by atoms with E-state index in [9.17, 15) is 17.6 Å². The number of hydrogen-bond acceptors (Lipinski definition) is 4. The Morgan fingerprint density at radius 2 is 2.05 bits per heavy atom. The fourth-order valence-corrected chi connectivity index (χ4v) is 4.13. The number of aliphatic carboxylic acids is 1. The smallest absolute Gasteiger partial charge is 0.308 e. The van der Waals surface area contributed by atoms with Crippen molar-refractivity contribution in [1.82, 2.24) is 0 Å². The molecule has 1 aromatic heterocycles. The molecule has 0 fully saturated rings. The highest BCUT2D eigenvalue weighted by Gasteiger charge is 2.19. The second kappa shape index (κ2) is 5.82. The lowest BCUT2D eigenvalue weighted by Gasteiger charge is -2.09. The molecule has 0 aliphatic rings. The third kappa shape index (κ3) is 3.59. The lowest BCUT2D eigenvalue weighted by molar-refractivity contribution is -0.136. The molecule has 8 heteroatoms. The summed E-state index contributed by atoms with van der Waals surface area (Å²) in [5, 5.41) is 8.68. The molecule has 5 nitrogen and oxygen atoms in total. The monoisotopic (exact) mass is 329 g/mol. The number of sulfonamides is 1. The number of halogens is 1. The first-order chi connectivity index (χ1) is 9.79. The quantitative estimate of drug-likeness (QED) is 0.883. The van der Waals surface area contributed by atoms with Crippen LogP contribution in [0.5, 0.6) is 0 Å². The highest BCUT2D eigenvalue weighted by molar-refractivity contribution is 7.94. The molecule has 1 heterocycles. The molecule has 0 spiro atoms. The van der Waals surface area contributed by atoms with Crippen LogP contribution in [-0.4, -0.2) is 19.5 Å². The molecule has 0 saturated heterocycles. The summed E-state index contributed by atoms with van der Waals surface area (Å²) in [6, 6.07) is 6.89. The Hall–Kier alpha value is -1.93. The van der Waals surface area contributed by atoms with Gasteiger partial charge in [0.2, 0.25) is 0 Å². The predicted octanol–water partition coefficient (Wildman–Crippen LogP) is 2.62. The largest absolute Gasteiger partial charge is 0.481 e. The molecule has 0 radical (unpaired) electrons. The Morgan fingerprint density at radius 1 is 1.33 bits per heavy atom. The molecule has 2 rings (SSSR count). The van der Waals surface area contributed by atoms with Crippen molar-refractivity contribution >= 4 is 33.0 Å². The van der Waals surface area contributed by atoms with Gasteiger partial charge in [0, 0.05) is 10.4 Å². The van der Waals surface area contributed by atoms with Gasteiger partial charge in [0.05, 0.1) is 12.1 Å². The lowest BCUT2D eigenvalue weighted by Crippen LogP contribution is -2.12. The highest BCUT2D eigenvalue weighted by atomic mass is 32.2. The van der Waals surface area contributed by atoms with Crippen molar-refractivity contribution < 1.29 is 22.7 Å². The molecular weight excluding hydrogens is 317 g/mol. The van der Waals surface area contributed by atoms with Crippen LogP contribution in [0, 0.1) is 12.7 Å². The highest BCUT2D eigenvalue weighted by Crippen LogP contribution is 2.26. The van der Waals surface area contributed by atoms with E-state index >= 15 is 0 Å². The summed E-state index contributed by atoms with van der Waals surface area (Å²) in [5.41, 5.74) is 0.353. The maximum Gasteiger partial charge on any atom is 0.308 e. The van der Waals surface area contributed by atoms with Gasteiger partial charge in [-0.3, -0.25) is 9.52 Å². The van der Waals surface area contributed by atoms with Crippen molar-refractivity contribution in [3.05, 3.63) is 46.6 Å². The van der Waals surface area contributed by atoms with E-state index in [-0.39, 0.29) is 21.9 Å². The van der Waals surface area contributed by atoms with Crippen molar-refractivity contribution in [3.63, 3.8) is 0 Å². The SMILES string of the molecule is Cc1c(F)cccc1NS(=O)(=O)c1ccc(CC(=O)O)s1. The standard InChI is InChI=1S/C13H12FNO4S2/c1-8-10(14)3-2-4-11(8)15-21(18,19)13-6-5-9(20-13)7-12(16)17/h2-6,15H,7H2,1H3,(H,16,17). The molecule has 0 unspecified atom stereocenters. The number of carboxylic acids is 1. The molecule has 112 valence electrons. The van der Waals surface area contributed by atoms with Crippen LogP contribution in [0.2, 0.25) is 0 Å². The van der Waals surface area contributed by atoms with Crippen LogP contribution in [0.3, 0.4) is 0 Å².